The summed E-state index contributed by atoms with van der Waals surface area (Å²) in [4.78, 5) is 48.4. The third kappa shape index (κ3) is 11.3. The van der Waals surface area contributed by atoms with Crippen LogP contribution < -0.4 is 10.2 Å². The van der Waals surface area contributed by atoms with Crippen molar-refractivity contribution in [2.24, 2.45) is 17.3 Å². The van der Waals surface area contributed by atoms with Crippen molar-refractivity contribution in [1.29, 1.82) is 0 Å². The van der Waals surface area contributed by atoms with Gasteiger partial charge in [0, 0.05) is 17.5 Å². The second-order valence-electron chi connectivity index (χ2n) is 14.7. The fourth-order valence-corrected chi connectivity index (χ4v) is 4.90. The molecule has 3 amide bonds. The molecular formula is C40H58N4O6. The highest BCUT2D eigenvalue weighted by molar-refractivity contribution is 6.21. The number of ether oxygens (including phenoxy) is 1. The fourth-order valence-electron chi connectivity index (χ4n) is 4.90. The molecule has 0 saturated carbocycles. The normalized spacial score (nSPS) is 16.5. The van der Waals surface area contributed by atoms with Crippen molar-refractivity contribution in [3.63, 3.8) is 0 Å². The van der Waals surface area contributed by atoms with Gasteiger partial charge >= 0.3 is 12.0 Å². The summed E-state index contributed by atoms with van der Waals surface area (Å²) in [6.07, 6.45) is 1.93. The summed E-state index contributed by atoms with van der Waals surface area (Å²) >= 11 is 0. The number of anilines is 1. The maximum Gasteiger partial charge on any atom is 0.342 e. The average Bonchev–Trinajstić information content (AvgIpc) is 3.52. The van der Waals surface area contributed by atoms with Gasteiger partial charge in [-0.05, 0) is 93.3 Å². The number of hydrogen-bond acceptors (Lipinski definition) is 7. The van der Waals surface area contributed by atoms with Crippen LogP contribution in [0.2, 0.25) is 0 Å². The molecule has 1 aliphatic heterocycles. The van der Waals surface area contributed by atoms with Gasteiger partial charge in [0.05, 0.1) is 23.3 Å². The molecule has 1 fully saturated rings. The summed E-state index contributed by atoms with van der Waals surface area (Å²) in [6, 6.07) is 16.6. The van der Waals surface area contributed by atoms with E-state index in [0.717, 1.165) is 11.4 Å². The van der Waals surface area contributed by atoms with Crippen LogP contribution in [0.5, 0.6) is 5.75 Å². The van der Waals surface area contributed by atoms with Crippen LogP contribution in [0.15, 0.2) is 54.6 Å². The summed E-state index contributed by atoms with van der Waals surface area (Å²) in [5.41, 5.74) is 4.74. The smallest absolute Gasteiger partial charge is 0.342 e. The number of phenolic OH excluding ortho intramolecular Hbond substituents is 1. The standard InChI is InChI=1S/C14H23N3O3.C14H22.C12H13NO3/c1-6-14(4,5)12(18)20-8-7-15-13(19)17-11(3)9-10(2)16-17;1-6-11(2)12-7-9-13(10-8-12)14(3,4)5;1-7-8(2)12(16)13(11(7)15)9-3-5-10(14)6-4-9/h9H,6-8H2,1-5H3,(H,15,19);7-11H,6H2,1-5H3;3-8,14H,1-2H3. The summed E-state index contributed by atoms with van der Waals surface area (Å²) < 4.78 is 6.43. The number of esters is 1. The van der Waals surface area contributed by atoms with E-state index in [1.807, 2.05) is 40.7 Å². The first kappa shape index (κ1) is 41.7. The number of aryl methyl sites for hydroxylation is 2. The Hall–Kier alpha value is -4.47. The number of aromatic hydroxyl groups is 1. The Morgan fingerprint density at radius 2 is 1.46 bits per heavy atom. The monoisotopic (exact) mass is 690 g/mol. The molecule has 0 aliphatic carbocycles. The second kappa shape index (κ2) is 18.0. The van der Waals surface area contributed by atoms with Gasteiger partial charge in [-0.2, -0.15) is 9.78 Å². The molecule has 3 atom stereocenters. The Bertz CT molecular complexity index is 1570. The van der Waals surface area contributed by atoms with Crippen molar-refractivity contribution in [3.8, 4) is 5.75 Å². The number of carbonyl (C=O) groups is 4. The molecule has 1 saturated heterocycles. The van der Waals surface area contributed by atoms with Crippen LogP contribution in [0.25, 0.3) is 0 Å². The minimum Gasteiger partial charge on any atom is -0.508 e. The number of phenols is 1. The summed E-state index contributed by atoms with van der Waals surface area (Å²) in [5, 5.41) is 15.9. The average molecular weight is 691 g/mol. The first-order valence-electron chi connectivity index (χ1n) is 17.5. The molecule has 0 bridgehead atoms. The van der Waals surface area contributed by atoms with E-state index in [0.29, 0.717) is 18.0 Å². The van der Waals surface area contributed by atoms with E-state index in [-0.39, 0.29) is 60.0 Å². The van der Waals surface area contributed by atoms with Crippen LogP contribution in [0, 0.1) is 31.1 Å². The SMILES string of the molecule is CC1C(=O)N(c2ccc(O)cc2)C(=O)C1C.CCC(C)(C)C(=O)OCCNC(=O)n1nc(C)cc1C.CCC(C)c1ccc(C(C)(C)C)cc1. The second-order valence-corrected chi connectivity index (χ2v) is 14.7. The van der Waals surface area contributed by atoms with Crippen LogP contribution in [-0.4, -0.2) is 51.9 Å². The molecule has 2 aromatic carbocycles. The van der Waals surface area contributed by atoms with Gasteiger partial charge in [0.15, 0.2) is 0 Å². The number of aromatic nitrogens is 2. The molecule has 1 aromatic heterocycles. The molecule has 1 aliphatic rings. The Morgan fingerprint density at radius 3 is 1.90 bits per heavy atom. The Labute approximate surface area is 298 Å². The largest absolute Gasteiger partial charge is 0.508 e. The highest BCUT2D eigenvalue weighted by Crippen LogP contribution is 2.31. The number of nitrogens with zero attached hydrogens (tertiary/aromatic N) is 3. The van der Waals surface area contributed by atoms with E-state index in [1.54, 1.807) is 26.0 Å². The van der Waals surface area contributed by atoms with Gasteiger partial charge in [-0.25, -0.2) is 4.79 Å². The quantitative estimate of drug-likeness (QED) is 0.139. The lowest BCUT2D eigenvalue weighted by Crippen LogP contribution is -2.34. The molecule has 3 aromatic rings. The molecule has 10 nitrogen and oxygen atoms in total. The topological polar surface area (TPSA) is 131 Å². The van der Waals surface area contributed by atoms with Crippen molar-refractivity contribution in [3.05, 3.63) is 77.1 Å². The number of amides is 3. The highest BCUT2D eigenvalue weighted by atomic mass is 16.5. The third-order valence-electron chi connectivity index (χ3n) is 9.29. The minimum atomic E-state index is -0.486. The van der Waals surface area contributed by atoms with Crippen LogP contribution in [0.1, 0.15) is 111 Å². The van der Waals surface area contributed by atoms with Gasteiger partial charge < -0.3 is 15.2 Å². The maximum absolute atomic E-state index is 11.9. The number of rotatable bonds is 8. The number of benzene rings is 2. The van der Waals surface area contributed by atoms with Gasteiger partial charge in [-0.15, -0.1) is 0 Å². The molecule has 0 radical (unpaired) electrons. The molecule has 2 heterocycles. The van der Waals surface area contributed by atoms with E-state index >= 15 is 0 Å². The molecule has 4 rings (SSSR count). The minimum absolute atomic E-state index is 0.115. The third-order valence-corrected chi connectivity index (χ3v) is 9.29. The number of hydrogen-bond donors (Lipinski definition) is 2. The fraction of sp³-hybridized carbons (Fsp3) is 0.525. The lowest BCUT2D eigenvalue weighted by molar-refractivity contribution is -0.153. The van der Waals surface area contributed by atoms with Gasteiger partial charge in [0.1, 0.15) is 12.4 Å². The first-order valence-corrected chi connectivity index (χ1v) is 17.5. The lowest BCUT2D eigenvalue weighted by atomic mass is 9.85. The summed E-state index contributed by atoms with van der Waals surface area (Å²) in [7, 11) is 0. The molecule has 2 N–H and O–H groups in total. The Kier molecular flexibility index (Phi) is 15.0. The van der Waals surface area contributed by atoms with Gasteiger partial charge in [0.25, 0.3) is 0 Å². The van der Waals surface area contributed by atoms with Crippen LogP contribution >= 0.6 is 0 Å². The van der Waals surface area contributed by atoms with Crippen molar-refractivity contribution in [2.75, 3.05) is 18.1 Å². The maximum atomic E-state index is 11.9. The summed E-state index contributed by atoms with van der Waals surface area (Å²) in [5.74, 6) is -0.359. The van der Waals surface area contributed by atoms with E-state index in [1.165, 1.54) is 39.3 Å². The number of nitrogens with one attached hydrogen (secondary N) is 1. The van der Waals surface area contributed by atoms with Gasteiger partial charge in [-0.3, -0.25) is 19.3 Å². The Morgan fingerprint density at radius 1 is 0.920 bits per heavy atom. The molecule has 3 unspecified atom stereocenters. The zero-order valence-electron chi connectivity index (χ0n) is 32.1. The van der Waals surface area contributed by atoms with Crippen LogP contribution in [-0.2, 0) is 24.5 Å². The molecule has 50 heavy (non-hydrogen) atoms. The predicted molar refractivity (Wildman–Crippen MR) is 198 cm³/mol. The Balaban J connectivity index is 0.000000264. The van der Waals surface area contributed by atoms with Crippen molar-refractivity contribution < 1.29 is 29.0 Å². The zero-order chi connectivity index (χ0) is 38.0. The molecule has 0 spiro atoms. The van der Waals surface area contributed by atoms with Gasteiger partial charge in [-0.1, -0.05) is 79.7 Å². The van der Waals surface area contributed by atoms with E-state index in [4.69, 9.17) is 9.84 Å². The van der Waals surface area contributed by atoms with Crippen molar-refractivity contribution >= 4 is 29.5 Å². The number of imide groups is 1. The van der Waals surface area contributed by atoms with Gasteiger partial charge in [0.2, 0.25) is 11.8 Å². The van der Waals surface area contributed by atoms with E-state index < -0.39 is 5.41 Å². The van der Waals surface area contributed by atoms with E-state index in [2.05, 4.69) is 69.3 Å². The van der Waals surface area contributed by atoms with E-state index in [9.17, 15) is 19.2 Å². The van der Waals surface area contributed by atoms with Crippen molar-refractivity contribution in [2.45, 2.75) is 107 Å². The van der Waals surface area contributed by atoms with Crippen molar-refractivity contribution in [1.82, 2.24) is 15.1 Å². The van der Waals surface area contributed by atoms with Crippen LogP contribution in [0.4, 0.5) is 10.5 Å². The lowest BCUT2D eigenvalue weighted by Gasteiger charge is -2.20. The summed E-state index contributed by atoms with van der Waals surface area (Å²) in [6.45, 7) is 24.5. The number of carbonyl (C=O) groups excluding carboxylic acids is 4. The molecular weight excluding hydrogens is 632 g/mol. The molecule has 10 heteroatoms. The highest BCUT2D eigenvalue weighted by Gasteiger charge is 2.43. The zero-order valence-corrected chi connectivity index (χ0v) is 32.1. The first-order chi connectivity index (χ1) is 23.2. The molecule has 274 valence electrons. The van der Waals surface area contributed by atoms with Crippen LogP contribution in [0.3, 0.4) is 0 Å². The predicted octanol–water partition coefficient (Wildman–Crippen LogP) is 8.07.